The van der Waals surface area contributed by atoms with Gasteiger partial charge in [0.15, 0.2) is 5.65 Å². The number of pyridine rings is 1. The van der Waals surface area contributed by atoms with Crippen molar-refractivity contribution in [1.29, 1.82) is 0 Å². The molecule has 0 bridgehead atoms. The van der Waals surface area contributed by atoms with Crippen LogP contribution in [-0.2, 0) is 16.2 Å². The van der Waals surface area contributed by atoms with Crippen molar-refractivity contribution >= 4 is 35.4 Å². The maximum Gasteiger partial charge on any atom is 0.327 e. The molecular formula is C20H22ClN5O2S. The van der Waals surface area contributed by atoms with E-state index in [4.69, 9.17) is 28.6 Å². The van der Waals surface area contributed by atoms with E-state index in [1.54, 1.807) is 6.07 Å². The van der Waals surface area contributed by atoms with Crippen molar-refractivity contribution in [2.45, 2.75) is 12.7 Å². The largest absolute Gasteiger partial charge is 0.468 e. The predicted molar refractivity (Wildman–Crippen MR) is 113 cm³/mol. The Kier molecular flexibility index (Phi) is 5.96. The van der Waals surface area contributed by atoms with E-state index in [-0.39, 0.29) is 5.97 Å². The summed E-state index contributed by atoms with van der Waals surface area (Å²) < 4.78 is 9.47. The van der Waals surface area contributed by atoms with Gasteiger partial charge in [-0.3, -0.25) is 14.2 Å². The molecule has 0 radical (unpaired) electrons. The normalized spacial score (nSPS) is 16.8. The van der Waals surface area contributed by atoms with Gasteiger partial charge in [0.05, 0.1) is 13.8 Å². The maximum absolute atomic E-state index is 12.5. The highest BCUT2D eigenvalue weighted by Crippen LogP contribution is 2.29. The number of benzene rings is 1. The van der Waals surface area contributed by atoms with Gasteiger partial charge in [0.25, 0.3) is 0 Å². The first-order chi connectivity index (χ1) is 14.1. The standard InChI is InChI=1S/C20H22ClN5O2S/c1-28-19(27)18(15-6-2-3-7-16(15)21)24-12-10-23(11-13-24)14-26-20(29)25-9-5-4-8-17(25)22-26/h2-9,18H,10-14H2,1H3. The van der Waals surface area contributed by atoms with Crippen LogP contribution >= 0.6 is 23.8 Å². The SMILES string of the molecule is COC(=O)C(c1ccccc1Cl)N1CCN(Cn2nc3ccccn3c2=S)CC1. The van der Waals surface area contributed by atoms with Crippen molar-refractivity contribution in [2.75, 3.05) is 33.3 Å². The lowest BCUT2D eigenvalue weighted by Gasteiger charge is -2.38. The van der Waals surface area contributed by atoms with Crippen LogP contribution in [0.1, 0.15) is 11.6 Å². The summed E-state index contributed by atoms with van der Waals surface area (Å²) >= 11 is 11.9. The number of ether oxygens (including phenoxy) is 1. The van der Waals surface area contributed by atoms with Crippen LogP contribution in [0, 0.1) is 4.77 Å². The van der Waals surface area contributed by atoms with Gasteiger partial charge in [0.2, 0.25) is 4.77 Å². The first-order valence-electron chi connectivity index (χ1n) is 9.41. The molecule has 3 heterocycles. The van der Waals surface area contributed by atoms with Gasteiger partial charge in [0, 0.05) is 37.4 Å². The Hall–Kier alpha value is -2.26. The molecular weight excluding hydrogens is 410 g/mol. The van der Waals surface area contributed by atoms with Crippen molar-refractivity contribution in [1.82, 2.24) is 24.0 Å². The molecule has 7 nitrogen and oxygen atoms in total. The molecule has 2 aromatic heterocycles. The first-order valence-corrected chi connectivity index (χ1v) is 10.2. The number of halogens is 1. The zero-order valence-electron chi connectivity index (χ0n) is 16.1. The third-order valence-electron chi connectivity index (χ3n) is 5.22. The smallest absolute Gasteiger partial charge is 0.327 e. The second-order valence-electron chi connectivity index (χ2n) is 6.95. The number of esters is 1. The lowest BCUT2D eigenvalue weighted by Crippen LogP contribution is -2.49. The van der Waals surface area contributed by atoms with Crippen LogP contribution in [-0.4, -0.2) is 63.2 Å². The van der Waals surface area contributed by atoms with E-state index in [1.807, 2.05) is 51.7 Å². The van der Waals surface area contributed by atoms with Crippen molar-refractivity contribution in [2.24, 2.45) is 0 Å². The van der Waals surface area contributed by atoms with Crippen molar-refractivity contribution < 1.29 is 9.53 Å². The summed E-state index contributed by atoms with van der Waals surface area (Å²) in [7, 11) is 1.41. The summed E-state index contributed by atoms with van der Waals surface area (Å²) in [6, 6.07) is 12.7. The van der Waals surface area contributed by atoms with Crippen LogP contribution in [0.4, 0.5) is 0 Å². The zero-order chi connectivity index (χ0) is 20.4. The maximum atomic E-state index is 12.5. The van der Waals surface area contributed by atoms with E-state index < -0.39 is 6.04 Å². The van der Waals surface area contributed by atoms with Gasteiger partial charge in [0.1, 0.15) is 6.04 Å². The van der Waals surface area contributed by atoms with Crippen LogP contribution in [0.2, 0.25) is 5.02 Å². The van der Waals surface area contributed by atoms with Gasteiger partial charge >= 0.3 is 5.97 Å². The zero-order valence-corrected chi connectivity index (χ0v) is 17.6. The van der Waals surface area contributed by atoms with Crippen molar-refractivity contribution in [3.8, 4) is 0 Å². The second-order valence-corrected chi connectivity index (χ2v) is 7.73. The molecule has 1 saturated heterocycles. The van der Waals surface area contributed by atoms with Gasteiger partial charge in [-0.1, -0.05) is 35.9 Å². The molecule has 4 rings (SSSR count). The summed E-state index contributed by atoms with van der Waals surface area (Å²) in [5, 5.41) is 5.16. The highest BCUT2D eigenvalue weighted by molar-refractivity contribution is 7.71. The van der Waals surface area contributed by atoms with E-state index in [9.17, 15) is 4.79 Å². The number of hydrogen-bond donors (Lipinski definition) is 0. The molecule has 29 heavy (non-hydrogen) atoms. The molecule has 3 aromatic rings. The fourth-order valence-corrected chi connectivity index (χ4v) is 4.19. The topological polar surface area (TPSA) is 55.0 Å². The number of carbonyl (C=O) groups is 1. The highest BCUT2D eigenvalue weighted by Gasteiger charge is 2.32. The molecule has 152 valence electrons. The van der Waals surface area contributed by atoms with Gasteiger partial charge in [-0.25, -0.2) is 9.48 Å². The number of nitrogens with zero attached hydrogens (tertiary/aromatic N) is 5. The summed E-state index contributed by atoms with van der Waals surface area (Å²) in [6.07, 6.45) is 1.92. The Morgan fingerprint density at radius 2 is 1.90 bits per heavy atom. The lowest BCUT2D eigenvalue weighted by atomic mass is 10.0. The Morgan fingerprint density at radius 1 is 1.17 bits per heavy atom. The van der Waals surface area contributed by atoms with E-state index in [1.165, 1.54) is 7.11 Å². The summed E-state index contributed by atoms with van der Waals surface area (Å²) in [6.45, 7) is 3.61. The van der Waals surface area contributed by atoms with E-state index in [0.29, 0.717) is 29.6 Å². The Morgan fingerprint density at radius 3 is 2.59 bits per heavy atom. The number of methoxy groups -OCH3 is 1. The lowest BCUT2D eigenvalue weighted by molar-refractivity contribution is -0.148. The fourth-order valence-electron chi connectivity index (χ4n) is 3.69. The number of fused-ring (bicyclic) bond motifs is 1. The molecule has 1 atom stereocenters. The number of aromatic nitrogens is 3. The summed E-state index contributed by atoms with van der Waals surface area (Å²) in [5.41, 5.74) is 1.61. The number of hydrogen-bond acceptors (Lipinski definition) is 6. The molecule has 1 aliphatic rings. The van der Waals surface area contributed by atoms with E-state index in [2.05, 4.69) is 14.9 Å². The first kappa shape index (κ1) is 20.0. The van der Waals surface area contributed by atoms with E-state index >= 15 is 0 Å². The molecule has 0 spiro atoms. The average Bonchev–Trinajstić information content (AvgIpc) is 3.06. The van der Waals surface area contributed by atoms with Crippen LogP contribution in [0.15, 0.2) is 48.7 Å². The predicted octanol–water partition coefficient (Wildman–Crippen LogP) is 3.01. The minimum absolute atomic E-state index is 0.297. The van der Waals surface area contributed by atoms with Crippen molar-refractivity contribution in [3.63, 3.8) is 0 Å². The molecule has 0 amide bonds. The van der Waals surface area contributed by atoms with Gasteiger partial charge < -0.3 is 4.74 Å². The second kappa shape index (κ2) is 8.62. The number of carbonyl (C=O) groups excluding carboxylic acids is 1. The molecule has 1 fully saturated rings. The molecule has 0 saturated carbocycles. The van der Waals surface area contributed by atoms with Gasteiger partial charge in [-0.15, -0.1) is 0 Å². The minimum Gasteiger partial charge on any atom is -0.468 e. The Bertz CT molecular complexity index is 1070. The van der Waals surface area contributed by atoms with Crippen LogP contribution in [0.5, 0.6) is 0 Å². The van der Waals surface area contributed by atoms with Crippen molar-refractivity contribution in [3.05, 3.63) is 64.0 Å². The minimum atomic E-state index is -0.506. The molecule has 1 aromatic carbocycles. The summed E-state index contributed by atoms with van der Waals surface area (Å²) in [5.74, 6) is -0.297. The van der Waals surface area contributed by atoms with Crippen LogP contribution < -0.4 is 0 Å². The highest BCUT2D eigenvalue weighted by atomic mass is 35.5. The third kappa shape index (κ3) is 4.06. The molecule has 0 aliphatic carbocycles. The number of rotatable bonds is 5. The van der Waals surface area contributed by atoms with Gasteiger partial charge in [-0.2, -0.15) is 5.10 Å². The summed E-state index contributed by atoms with van der Waals surface area (Å²) in [4.78, 5) is 16.9. The third-order valence-corrected chi connectivity index (χ3v) is 5.97. The quantitative estimate of drug-likeness (QED) is 0.457. The van der Waals surface area contributed by atoms with Crippen LogP contribution in [0.3, 0.4) is 0 Å². The number of piperazine rings is 1. The molecule has 0 N–H and O–H groups in total. The Balaban J connectivity index is 1.47. The fraction of sp³-hybridized carbons (Fsp3) is 0.350. The monoisotopic (exact) mass is 431 g/mol. The Labute approximate surface area is 179 Å². The van der Waals surface area contributed by atoms with Gasteiger partial charge in [-0.05, 0) is 36.0 Å². The molecule has 1 aliphatic heterocycles. The molecule has 1 unspecified atom stereocenters. The van der Waals surface area contributed by atoms with E-state index in [0.717, 1.165) is 24.3 Å². The average molecular weight is 432 g/mol. The molecule has 9 heteroatoms. The van der Waals surface area contributed by atoms with Crippen LogP contribution in [0.25, 0.3) is 5.65 Å².